The highest BCUT2D eigenvalue weighted by Crippen LogP contribution is 2.23. The van der Waals surface area contributed by atoms with Gasteiger partial charge in [0.15, 0.2) is 5.16 Å². The molecular weight excluding hydrogens is 362 g/mol. The van der Waals surface area contributed by atoms with E-state index in [1.807, 2.05) is 44.2 Å². The third-order valence-electron chi connectivity index (χ3n) is 4.48. The van der Waals surface area contributed by atoms with Crippen LogP contribution in [0.15, 0.2) is 50.9 Å². The van der Waals surface area contributed by atoms with E-state index in [4.69, 9.17) is 4.42 Å². The van der Waals surface area contributed by atoms with Crippen LogP contribution in [0.1, 0.15) is 30.0 Å². The summed E-state index contributed by atoms with van der Waals surface area (Å²) in [6.45, 7) is 5.54. The van der Waals surface area contributed by atoms with Crippen molar-refractivity contribution >= 4 is 28.6 Å². The molecule has 0 atom stereocenters. The minimum absolute atomic E-state index is 0.123. The summed E-state index contributed by atoms with van der Waals surface area (Å²) in [4.78, 5) is 31.8. The van der Waals surface area contributed by atoms with Gasteiger partial charge in [-0.05, 0) is 18.1 Å². The molecule has 0 fully saturated rings. The molecule has 2 aromatic heterocycles. The lowest BCUT2D eigenvalue weighted by molar-refractivity contribution is 0.0707. The first-order valence-electron chi connectivity index (χ1n) is 9.02. The zero-order chi connectivity index (χ0) is 19.0. The summed E-state index contributed by atoms with van der Waals surface area (Å²) in [6, 6.07) is 9.70. The maximum Gasteiger partial charge on any atom is 0.267 e. The first-order chi connectivity index (χ1) is 13.0. The number of hydrogen-bond acceptors (Lipinski definition) is 5. The van der Waals surface area contributed by atoms with E-state index in [1.165, 1.54) is 18.0 Å². The lowest BCUT2D eigenvalue weighted by Crippen LogP contribution is -2.38. The molecule has 0 spiro atoms. The van der Waals surface area contributed by atoms with E-state index in [0.717, 1.165) is 16.7 Å². The Morgan fingerprint density at radius 1 is 1.37 bits per heavy atom. The molecule has 0 bridgehead atoms. The molecule has 27 heavy (non-hydrogen) atoms. The second-order valence-electron chi connectivity index (χ2n) is 7.09. The number of benzene rings is 1. The highest BCUT2D eigenvalue weighted by molar-refractivity contribution is 7.99. The molecule has 3 heterocycles. The molecule has 0 saturated heterocycles. The third kappa shape index (κ3) is 3.51. The van der Waals surface area contributed by atoms with Crippen LogP contribution >= 0.6 is 11.8 Å². The quantitative estimate of drug-likeness (QED) is 0.632. The van der Waals surface area contributed by atoms with Crippen molar-refractivity contribution in [2.75, 3.05) is 12.3 Å². The van der Waals surface area contributed by atoms with Crippen molar-refractivity contribution in [1.82, 2.24) is 14.5 Å². The summed E-state index contributed by atoms with van der Waals surface area (Å²) < 4.78 is 7.46. The predicted octanol–water partition coefficient (Wildman–Crippen LogP) is 3.39. The maximum absolute atomic E-state index is 13.1. The van der Waals surface area contributed by atoms with E-state index in [9.17, 15) is 9.59 Å². The first-order valence-corrected chi connectivity index (χ1v) is 10.0. The summed E-state index contributed by atoms with van der Waals surface area (Å²) in [5, 5.41) is 1.69. The Morgan fingerprint density at radius 2 is 2.19 bits per heavy atom. The van der Waals surface area contributed by atoms with E-state index < -0.39 is 0 Å². The van der Waals surface area contributed by atoms with Gasteiger partial charge in [-0.1, -0.05) is 43.8 Å². The lowest BCUT2D eigenvalue weighted by atomic mass is 10.1. The van der Waals surface area contributed by atoms with E-state index in [-0.39, 0.29) is 22.9 Å². The highest BCUT2D eigenvalue weighted by atomic mass is 32.2. The smallest absolute Gasteiger partial charge is 0.267 e. The molecule has 0 aliphatic carbocycles. The predicted molar refractivity (Wildman–Crippen MR) is 105 cm³/mol. The van der Waals surface area contributed by atoms with Crippen LogP contribution in [-0.2, 0) is 13.1 Å². The number of thioether (sulfide) groups is 1. The Hall–Kier alpha value is -2.54. The number of rotatable bonds is 5. The van der Waals surface area contributed by atoms with Gasteiger partial charge in [-0.15, -0.1) is 0 Å². The molecule has 0 saturated carbocycles. The molecule has 140 valence electrons. The number of nitrogens with zero attached hydrogens (tertiary/aromatic N) is 3. The van der Waals surface area contributed by atoms with Crippen LogP contribution in [0.5, 0.6) is 0 Å². The van der Waals surface area contributed by atoms with Crippen molar-refractivity contribution in [2.24, 2.45) is 5.92 Å². The van der Waals surface area contributed by atoms with E-state index >= 15 is 0 Å². The Balaban J connectivity index is 1.65. The highest BCUT2D eigenvalue weighted by Gasteiger charge is 2.25. The minimum atomic E-state index is -0.297. The molecule has 1 aliphatic heterocycles. The molecule has 3 aromatic rings. The summed E-state index contributed by atoms with van der Waals surface area (Å²) in [5.41, 5.74) is 0.659. The fourth-order valence-electron chi connectivity index (χ4n) is 3.30. The number of amides is 1. The van der Waals surface area contributed by atoms with Crippen molar-refractivity contribution in [3.05, 3.63) is 58.2 Å². The van der Waals surface area contributed by atoms with Crippen LogP contribution in [0.3, 0.4) is 0 Å². The standard InChI is InChI=1S/C20H21N3O3S/c1-13(2)11-22(12-15-9-14-5-3-4-6-17(14)26-15)18(24)16-10-21-20-23(19(16)25)7-8-27-20/h3-6,9-10,13H,7-8,11-12H2,1-2H3. The Bertz CT molecular complexity index is 1020. The minimum Gasteiger partial charge on any atom is -0.459 e. The summed E-state index contributed by atoms with van der Waals surface area (Å²) in [6.07, 6.45) is 1.42. The zero-order valence-electron chi connectivity index (χ0n) is 15.3. The molecule has 1 amide bonds. The van der Waals surface area contributed by atoms with Crippen LogP contribution in [0.2, 0.25) is 0 Å². The average molecular weight is 383 g/mol. The average Bonchev–Trinajstić information content (AvgIpc) is 3.27. The van der Waals surface area contributed by atoms with Gasteiger partial charge in [-0.3, -0.25) is 14.2 Å². The van der Waals surface area contributed by atoms with Crippen molar-refractivity contribution in [1.29, 1.82) is 0 Å². The third-order valence-corrected chi connectivity index (χ3v) is 5.45. The largest absolute Gasteiger partial charge is 0.459 e. The molecule has 4 rings (SSSR count). The number of para-hydroxylation sites is 1. The van der Waals surface area contributed by atoms with E-state index in [1.54, 1.807) is 9.47 Å². The number of carbonyl (C=O) groups excluding carboxylic acids is 1. The normalized spacial score (nSPS) is 13.3. The van der Waals surface area contributed by atoms with Gasteiger partial charge in [0.1, 0.15) is 16.9 Å². The SMILES string of the molecule is CC(C)CN(Cc1cc2ccccc2o1)C(=O)c1cnc2n(c1=O)CCS2. The van der Waals surface area contributed by atoms with Crippen molar-refractivity contribution in [2.45, 2.75) is 32.1 Å². The second kappa shape index (κ2) is 7.23. The van der Waals surface area contributed by atoms with Crippen molar-refractivity contribution < 1.29 is 9.21 Å². The van der Waals surface area contributed by atoms with Gasteiger partial charge in [0.05, 0.1) is 6.54 Å². The van der Waals surface area contributed by atoms with E-state index in [2.05, 4.69) is 4.98 Å². The zero-order valence-corrected chi connectivity index (χ0v) is 16.2. The topological polar surface area (TPSA) is 68.3 Å². The fourth-order valence-corrected chi connectivity index (χ4v) is 4.21. The summed E-state index contributed by atoms with van der Waals surface area (Å²) in [7, 11) is 0. The van der Waals surface area contributed by atoms with Gasteiger partial charge < -0.3 is 9.32 Å². The Morgan fingerprint density at radius 3 is 2.96 bits per heavy atom. The first kappa shape index (κ1) is 17.9. The molecule has 7 heteroatoms. The van der Waals surface area contributed by atoms with Gasteiger partial charge in [-0.2, -0.15) is 0 Å². The summed E-state index contributed by atoms with van der Waals surface area (Å²) in [5.74, 6) is 1.48. The van der Waals surface area contributed by atoms with E-state index in [0.29, 0.717) is 30.6 Å². The van der Waals surface area contributed by atoms with Crippen LogP contribution in [0.4, 0.5) is 0 Å². The monoisotopic (exact) mass is 383 g/mol. The van der Waals surface area contributed by atoms with Gasteiger partial charge in [-0.25, -0.2) is 4.98 Å². The number of fused-ring (bicyclic) bond motifs is 2. The molecule has 0 N–H and O–H groups in total. The fraction of sp³-hybridized carbons (Fsp3) is 0.350. The van der Waals surface area contributed by atoms with Crippen molar-refractivity contribution in [3.63, 3.8) is 0 Å². The molecule has 0 radical (unpaired) electrons. The molecule has 1 aromatic carbocycles. The Kier molecular flexibility index (Phi) is 4.78. The van der Waals surface area contributed by atoms with Crippen LogP contribution < -0.4 is 5.56 Å². The van der Waals surface area contributed by atoms with Crippen LogP contribution in [0, 0.1) is 5.92 Å². The van der Waals surface area contributed by atoms with Crippen molar-refractivity contribution in [3.8, 4) is 0 Å². The molecule has 1 aliphatic rings. The van der Waals surface area contributed by atoms with Gasteiger partial charge in [0, 0.05) is 30.4 Å². The molecular formula is C20H21N3O3S. The summed E-state index contributed by atoms with van der Waals surface area (Å²) >= 11 is 1.54. The molecule has 6 nitrogen and oxygen atoms in total. The number of carbonyl (C=O) groups is 1. The lowest BCUT2D eigenvalue weighted by Gasteiger charge is -2.23. The number of hydrogen-bond donors (Lipinski definition) is 0. The number of aromatic nitrogens is 2. The Labute approximate surface area is 161 Å². The number of furan rings is 1. The second-order valence-corrected chi connectivity index (χ2v) is 8.15. The maximum atomic E-state index is 13.1. The van der Waals surface area contributed by atoms with Gasteiger partial charge in [0.2, 0.25) is 0 Å². The molecule has 0 unspecified atom stereocenters. The van der Waals surface area contributed by atoms with Gasteiger partial charge in [0.25, 0.3) is 11.5 Å². The van der Waals surface area contributed by atoms with Gasteiger partial charge >= 0.3 is 0 Å². The van der Waals surface area contributed by atoms with Crippen LogP contribution in [0.25, 0.3) is 11.0 Å². The van der Waals surface area contributed by atoms with Crippen LogP contribution in [-0.4, -0.2) is 32.7 Å².